The number of piperazine rings is 1. The molecule has 0 radical (unpaired) electrons. The number of alkyl carbamates (subject to hydrolysis) is 1. The van der Waals surface area contributed by atoms with Crippen LogP contribution in [0.5, 0.6) is 5.75 Å². The summed E-state index contributed by atoms with van der Waals surface area (Å²) in [5.41, 5.74) is 0.000368. The zero-order chi connectivity index (χ0) is 20.7. The van der Waals surface area contributed by atoms with E-state index in [0.29, 0.717) is 37.5 Å². The molecular formula is C20H29N3O5. The Morgan fingerprint density at radius 1 is 1.07 bits per heavy atom. The van der Waals surface area contributed by atoms with Crippen molar-refractivity contribution in [3.63, 3.8) is 0 Å². The number of amides is 3. The molecule has 0 spiro atoms. The van der Waals surface area contributed by atoms with E-state index in [4.69, 9.17) is 9.47 Å². The van der Waals surface area contributed by atoms with Crippen molar-refractivity contribution in [3.05, 3.63) is 29.8 Å². The van der Waals surface area contributed by atoms with E-state index in [1.54, 1.807) is 61.9 Å². The number of hydrogen-bond donors (Lipinski definition) is 1. The van der Waals surface area contributed by atoms with E-state index in [0.717, 1.165) is 0 Å². The predicted molar refractivity (Wildman–Crippen MR) is 104 cm³/mol. The first-order chi connectivity index (χ1) is 13.2. The Morgan fingerprint density at radius 2 is 1.71 bits per heavy atom. The zero-order valence-corrected chi connectivity index (χ0v) is 17.0. The van der Waals surface area contributed by atoms with Crippen molar-refractivity contribution in [3.8, 4) is 5.75 Å². The van der Waals surface area contributed by atoms with Gasteiger partial charge < -0.3 is 24.6 Å². The zero-order valence-electron chi connectivity index (χ0n) is 17.0. The molecule has 1 heterocycles. The van der Waals surface area contributed by atoms with Gasteiger partial charge in [-0.3, -0.25) is 9.59 Å². The first-order valence-electron chi connectivity index (χ1n) is 9.37. The number of carbonyl (C=O) groups is 3. The third-order valence-corrected chi connectivity index (χ3v) is 4.24. The number of rotatable bonds is 5. The SMILES string of the molecule is COc1cccc(C(=O)N2CCN(C(=O)CCNC(=O)OC(C)(C)C)CC2)c1. The van der Waals surface area contributed by atoms with E-state index in [1.807, 2.05) is 0 Å². The van der Waals surface area contributed by atoms with Gasteiger partial charge in [0.1, 0.15) is 11.4 Å². The first kappa shape index (κ1) is 21.5. The minimum Gasteiger partial charge on any atom is -0.497 e. The summed E-state index contributed by atoms with van der Waals surface area (Å²) >= 11 is 0. The van der Waals surface area contributed by atoms with E-state index in [1.165, 1.54) is 0 Å². The minimum absolute atomic E-state index is 0.0514. The van der Waals surface area contributed by atoms with E-state index in [9.17, 15) is 14.4 Å². The van der Waals surface area contributed by atoms with Gasteiger partial charge in [-0.05, 0) is 39.0 Å². The Kier molecular flexibility index (Phi) is 7.25. The van der Waals surface area contributed by atoms with E-state index >= 15 is 0 Å². The van der Waals surface area contributed by atoms with Gasteiger partial charge in [0, 0.05) is 44.7 Å². The number of nitrogens with zero attached hydrogens (tertiary/aromatic N) is 2. The van der Waals surface area contributed by atoms with Gasteiger partial charge in [0.25, 0.3) is 5.91 Å². The van der Waals surface area contributed by atoms with Crippen molar-refractivity contribution in [2.45, 2.75) is 32.8 Å². The van der Waals surface area contributed by atoms with Gasteiger partial charge >= 0.3 is 6.09 Å². The molecule has 1 aliphatic rings. The maximum Gasteiger partial charge on any atom is 0.407 e. The fraction of sp³-hybridized carbons (Fsp3) is 0.550. The Hall–Kier alpha value is -2.77. The van der Waals surface area contributed by atoms with Crippen molar-refractivity contribution in [2.24, 2.45) is 0 Å². The smallest absolute Gasteiger partial charge is 0.407 e. The summed E-state index contributed by atoms with van der Waals surface area (Å²) in [4.78, 5) is 40.0. The molecule has 0 aromatic heterocycles. The molecule has 1 aromatic carbocycles. The monoisotopic (exact) mass is 391 g/mol. The van der Waals surface area contributed by atoms with E-state index < -0.39 is 11.7 Å². The largest absolute Gasteiger partial charge is 0.497 e. The molecule has 154 valence electrons. The van der Waals surface area contributed by atoms with Crippen LogP contribution in [0.4, 0.5) is 4.79 Å². The molecule has 0 bridgehead atoms. The highest BCUT2D eigenvalue weighted by molar-refractivity contribution is 5.94. The number of benzene rings is 1. The normalized spacial score (nSPS) is 14.4. The number of ether oxygens (including phenoxy) is 2. The Bertz CT molecular complexity index is 706. The second kappa shape index (κ2) is 9.43. The highest BCUT2D eigenvalue weighted by atomic mass is 16.6. The molecule has 1 aliphatic heterocycles. The molecule has 1 aromatic rings. The summed E-state index contributed by atoms with van der Waals surface area (Å²) in [6.45, 7) is 7.46. The van der Waals surface area contributed by atoms with Crippen LogP contribution in [0.15, 0.2) is 24.3 Å². The van der Waals surface area contributed by atoms with Crippen molar-refractivity contribution < 1.29 is 23.9 Å². The summed E-state index contributed by atoms with van der Waals surface area (Å²) in [6, 6.07) is 7.04. The third-order valence-electron chi connectivity index (χ3n) is 4.24. The van der Waals surface area contributed by atoms with Gasteiger partial charge in [0.15, 0.2) is 0 Å². The molecule has 0 aliphatic carbocycles. The van der Waals surface area contributed by atoms with Crippen LogP contribution in [0, 0.1) is 0 Å². The molecule has 1 saturated heterocycles. The van der Waals surface area contributed by atoms with E-state index in [2.05, 4.69) is 5.32 Å². The Labute approximate surface area is 165 Å². The number of methoxy groups -OCH3 is 1. The van der Waals surface area contributed by atoms with Crippen LogP contribution in [0.2, 0.25) is 0 Å². The molecule has 0 saturated carbocycles. The second-order valence-electron chi connectivity index (χ2n) is 7.58. The first-order valence-corrected chi connectivity index (χ1v) is 9.37. The molecule has 0 unspecified atom stereocenters. The number of nitrogens with one attached hydrogen (secondary N) is 1. The lowest BCUT2D eigenvalue weighted by atomic mass is 10.1. The Morgan fingerprint density at radius 3 is 2.32 bits per heavy atom. The average molecular weight is 391 g/mol. The van der Waals surface area contributed by atoms with Crippen LogP contribution >= 0.6 is 0 Å². The fourth-order valence-corrected chi connectivity index (χ4v) is 2.84. The van der Waals surface area contributed by atoms with Crippen LogP contribution in [0.3, 0.4) is 0 Å². The van der Waals surface area contributed by atoms with Gasteiger partial charge in [-0.2, -0.15) is 0 Å². The maximum atomic E-state index is 12.6. The lowest BCUT2D eigenvalue weighted by Crippen LogP contribution is -2.51. The minimum atomic E-state index is -0.570. The lowest BCUT2D eigenvalue weighted by molar-refractivity contribution is -0.132. The summed E-state index contributed by atoms with van der Waals surface area (Å²) in [7, 11) is 1.56. The Balaban J connectivity index is 1.76. The number of carbonyl (C=O) groups excluding carboxylic acids is 3. The van der Waals surface area contributed by atoms with Crippen molar-refractivity contribution >= 4 is 17.9 Å². The molecule has 1 fully saturated rings. The molecule has 2 rings (SSSR count). The quantitative estimate of drug-likeness (QED) is 0.828. The predicted octanol–water partition coefficient (Wildman–Crippen LogP) is 1.89. The van der Waals surface area contributed by atoms with Gasteiger partial charge in [0.2, 0.25) is 5.91 Å². The van der Waals surface area contributed by atoms with Crippen LogP contribution in [-0.2, 0) is 9.53 Å². The highest BCUT2D eigenvalue weighted by Crippen LogP contribution is 2.15. The molecular weight excluding hydrogens is 362 g/mol. The summed E-state index contributed by atoms with van der Waals surface area (Å²) < 4.78 is 10.3. The summed E-state index contributed by atoms with van der Waals surface area (Å²) in [6.07, 6.45) is -0.336. The molecule has 8 heteroatoms. The van der Waals surface area contributed by atoms with Crippen LogP contribution < -0.4 is 10.1 Å². The summed E-state index contributed by atoms with van der Waals surface area (Å²) in [5.74, 6) is 0.513. The summed E-state index contributed by atoms with van der Waals surface area (Å²) in [5, 5.41) is 2.58. The van der Waals surface area contributed by atoms with Crippen molar-refractivity contribution in [2.75, 3.05) is 39.8 Å². The van der Waals surface area contributed by atoms with Gasteiger partial charge in [-0.1, -0.05) is 6.07 Å². The maximum absolute atomic E-state index is 12.6. The number of hydrogen-bond acceptors (Lipinski definition) is 5. The lowest BCUT2D eigenvalue weighted by Gasteiger charge is -2.35. The van der Waals surface area contributed by atoms with Gasteiger partial charge in [-0.15, -0.1) is 0 Å². The fourth-order valence-electron chi connectivity index (χ4n) is 2.84. The van der Waals surface area contributed by atoms with Crippen LogP contribution in [-0.4, -0.2) is 73.1 Å². The topological polar surface area (TPSA) is 88.2 Å². The van der Waals surface area contributed by atoms with Crippen molar-refractivity contribution in [1.29, 1.82) is 0 Å². The average Bonchev–Trinajstić information content (AvgIpc) is 2.66. The van der Waals surface area contributed by atoms with Crippen LogP contribution in [0.1, 0.15) is 37.6 Å². The standard InChI is InChI=1S/C20H29N3O5/c1-20(2,3)28-19(26)21-9-8-17(24)22-10-12-23(13-11-22)18(25)15-6-5-7-16(14-15)27-4/h5-7,14H,8-13H2,1-4H3,(H,21,26). The van der Waals surface area contributed by atoms with E-state index in [-0.39, 0.29) is 24.8 Å². The second-order valence-corrected chi connectivity index (χ2v) is 7.58. The molecule has 28 heavy (non-hydrogen) atoms. The third kappa shape index (κ3) is 6.44. The van der Waals surface area contributed by atoms with Gasteiger partial charge in [0.05, 0.1) is 7.11 Å². The van der Waals surface area contributed by atoms with Crippen molar-refractivity contribution in [1.82, 2.24) is 15.1 Å². The van der Waals surface area contributed by atoms with Gasteiger partial charge in [-0.25, -0.2) is 4.79 Å². The molecule has 0 atom stereocenters. The molecule has 1 N–H and O–H groups in total. The molecule has 8 nitrogen and oxygen atoms in total. The highest BCUT2D eigenvalue weighted by Gasteiger charge is 2.25. The molecule has 3 amide bonds. The van der Waals surface area contributed by atoms with Crippen LogP contribution in [0.25, 0.3) is 0 Å².